The van der Waals surface area contributed by atoms with Crippen LogP contribution in [0, 0.1) is 12.7 Å². The highest BCUT2D eigenvalue weighted by molar-refractivity contribution is 5.74. The molecule has 0 aliphatic heterocycles. The topological polar surface area (TPSA) is 22.1 Å². The van der Waals surface area contributed by atoms with Gasteiger partial charge in [-0.05, 0) is 48.2 Å². The van der Waals surface area contributed by atoms with E-state index < -0.39 is 0 Å². The highest BCUT2D eigenvalue weighted by atomic mass is 19.1. The van der Waals surface area contributed by atoms with E-state index in [-0.39, 0.29) is 5.82 Å². The molecular formula is C16H18FNO. The molecule has 0 aliphatic carbocycles. The minimum absolute atomic E-state index is 0.264. The third-order valence-corrected chi connectivity index (χ3v) is 3.15. The Morgan fingerprint density at radius 3 is 2.53 bits per heavy atom. The standard InChI is InChI=1S/C16H18FNO/c1-10(2)15-9-18-11(3)7-13(15)14-8-12(17)5-6-16(14)19-4/h5-10H,1-4H3. The highest BCUT2D eigenvalue weighted by Crippen LogP contribution is 2.35. The number of methoxy groups -OCH3 is 1. The summed E-state index contributed by atoms with van der Waals surface area (Å²) in [5.41, 5.74) is 3.76. The van der Waals surface area contributed by atoms with E-state index in [0.29, 0.717) is 11.7 Å². The minimum Gasteiger partial charge on any atom is -0.496 e. The molecule has 1 aromatic heterocycles. The molecule has 2 aromatic rings. The summed E-state index contributed by atoms with van der Waals surface area (Å²) in [6.07, 6.45) is 1.86. The Morgan fingerprint density at radius 2 is 1.89 bits per heavy atom. The fraction of sp³-hybridized carbons (Fsp3) is 0.312. The van der Waals surface area contributed by atoms with E-state index in [0.717, 1.165) is 22.4 Å². The molecule has 0 unspecified atom stereocenters. The Morgan fingerprint density at radius 1 is 1.16 bits per heavy atom. The molecule has 3 heteroatoms. The van der Waals surface area contributed by atoms with Crippen molar-refractivity contribution >= 4 is 0 Å². The van der Waals surface area contributed by atoms with Gasteiger partial charge in [0.2, 0.25) is 0 Å². The second kappa shape index (κ2) is 5.39. The number of pyridine rings is 1. The van der Waals surface area contributed by atoms with Crippen molar-refractivity contribution in [1.29, 1.82) is 0 Å². The first-order chi connectivity index (χ1) is 9.02. The maximum Gasteiger partial charge on any atom is 0.126 e. The van der Waals surface area contributed by atoms with Crippen LogP contribution in [-0.2, 0) is 0 Å². The van der Waals surface area contributed by atoms with Crippen LogP contribution >= 0.6 is 0 Å². The summed E-state index contributed by atoms with van der Waals surface area (Å²) in [7, 11) is 1.60. The number of nitrogens with zero attached hydrogens (tertiary/aromatic N) is 1. The molecule has 0 saturated heterocycles. The Labute approximate surface area is 113 Å². The van der Waals surface area contributed by atoms with Crippen LogP contribution in [0.4, 0.5) is 4.39 Å². The lowest BCUT2D eigenvalue weighted by atomic mass is 9.93. The van der Waals surface area contributed by atoms with Crippen LogP contribution < -0.4 is 4.74 Å². The summed E-state index contributed by atoms with van der Waals surface area (Å²) >= 11 is 0. The molecule has 100 valence electrons. The molecule has 0 N–H and O–H groups in total. The molecular weight excluding hydrogens is 241 g/mol. The quantitative estimate of drug-likeness (QED) is 0.818. The zero-order valence-corrected chi connectivity index (χ0v) is 11.7. The summed E-state index contributed by atoms with van der Waals surface area (Å²) in [6, 6.07) is 6.56. The number of benzene rings is 1. The smallest absolute Gasteiger partial charge is 0.126 e. The van der Waals surface area contributed by atoms with Crippen molar-refractivity contribution in [3.8, 4) is 16.9 Å². The van der Waals surface area contributed by atoms with Gasteiger partial charge in [-0.3, -0.25) is 4.98 Å². The van der Waals surface area contributed by atoms with Crippen molar-refractivity contribution in [3.63, 3.8) is 0 Å². The first kappa shape index (κ1) is 13.5. The first-order valence-electron chi connectivity index (χ1n) is 6.33. The van der Waals surface area contributed by atoms with Crippen LogP contribution in [-0.4, -0.2) is 12.1 Å². The van der Waals surface area contributed by atoms with Crippen LogP contribution in [0.1, 0.15) is 31.0 Å². The Kier molecular flexibility index (Phi) is 3.84. The van der Waals surface area contributed by atoms with Crippen LogP contribution in [0.25, 0.3) is 11.1 Å². The first-order valence-corrected chi connectivity index (χ1v) is 6.33. The maximum atomic E-state index is 13.5. The molecule has 0 fully saturated rings. The van der Waals surface area contributed by atoms with Crippen LogP contribution in [0.15, 0.2) is 30.5 Å². The normalized spacial score (nSPS) is 10.8. The van der Waals surface area contributed by atoms with E-state index in [1.807, 2.05) is 19.2 Å². The van der Waals surface area contributed by atoms with Gasteiger partial charge < -0.3 is 4.74 Å². The largest absolute Gasteiger partial charge is 0.496 e. The van der Waals surface area contributed by atoms with Gasteiger partial charge in [0.05, 0.1) is 7.11 Å². The van der Waals surface area contributed by atoms with E-state index in [1.54, 1.807) is 13.2 Å². The molecule has 0 aliphatic rings. The van der Waals surface area contributed by atoms with E-state index in [1.165, 1.54) is 12.1 Å². The van der Waals surface area contributed by atoms with Gasteiger partial charge in [0.25, 0.3) is 0 Å². The number of ether oxygens (including phenoxy) is 1. The summed E-state index contributed by atoms with van der Waals surface area (Å²) in [4.78, 5) is 4.33. The van der Waals surface area contributed by atoms with E-state index in [9.17, 15) is 4.39 Å². The van der Waals surface area contributed by atoms with Crippen molar-refractivity contribution < 1.29 is 9.13 Å². The lowest BCUT2D eigenvalue weighted by Crippen LogP contribution is -1.98. The molecule has 1 aromatic carbocycles. The molecule has 19 heavy (non-hydrogen) atoms. The molecule has 0 spiro atoms. The van der Waals surface area contributed by atoms with Crippen molar-refractivity contribution in [2.45, 2.75) is 26.7 Å². The van der Waals surface area contributed by atoms with Crippen LogP contribution in [0.5, 0.6) is 5.75 Å². The van der Waals surface area contributed by atoms with Crippen LogP contribution in [0.2, 0.25) is 0 Å². The van der Waals surface area contributed by atoms with Gasteiger partial charge >= 0.3 is 0 Å². The van der Waals surface area contributed by atoms with Gasteiger partial charge in [0.15, 0.2) is 0 Å². The molecule has 0 radical (unpaired) electrons. The third kappa shape index (κ3) is 2.75. The van der Waals surface area contributed by atoms with Crippen molar-refractivity contribution in [3.05, 3.63) is 47.5 Å². The molecule has 0 amide bonds. The summed E-state index contributed by atoms with van der Waals surface area (Å²) in [6.45, 7) is 6.13. The fourth-order valence-electron chi connectivity index (χ4n) is 2.15. The van der Waals surface area contributed by atoms with Gasteiger partial charge in [-0.25, -0.2) is 4.39 Å². The number of rotatable bonds is 3. The molecule has 0 atom stereocenters. The number of halogens is 1. The van der Waals surface area contributed by atoms with E-state index in [2.05, 4.69) is 18.8 Å². The van der Waals surface area contributed by atoms with Crippen LogP contribution in [0.3, 0.4) is 0 Å². The van der Waals surface area contributed by atoms with E-state index in [4.69, 9.17) is 4.74 Å². The van der Waals surface area contributed by atoms with Crippen molar-refractivity contribution in [2.24, 2.45) is 0 Å². The Hall–Kier alpha value is -1.90. The van der Waals surface area contributed by atoms with Crippen molar-refractivity contribution in [1.82, 2.24) is 4.98 Å². The maximum absolute atomic E-state index is 13.5. The average molecular weight is 259 g/mol. The predicted molar refractivity (Wildman–Crippen MR) is 75.0 cm³/mol. The van der Waals surface area contributed by atoms with Gasteiger partial charge in [-0.2, -0.15) is 0 Å². The Bertz CT molecular complexity index is 593. The van der Waals surface area contributed by atoms with Gasteiger partial charge in [-0.1, -0.05) is 13.8 Å². The zero-order chi connectivity index (χ0) is 14.0. The summed E-state index contributed by atoms with van der Waals surface area (Å²) in [5, 5.41) is 0. The predicted octanol–water partition coefficient (Wildman–Crippen LogP) is 4.33. The lowest BCUT2D eigenvalue weighted by molar-refractivity contribution is 0.415. The number of aromatic nitrogens is 1. The van der Waals surface area contributed by atoms with Gasteiger partial charge in [0.1, 0.15) is 11.6 Å². The number of aryl methyl sites for hydroxylation is 1. The fourth-order valence-corrected chi connectivity index (χ4v) is 2.15. The molecule has 1 heterocycles. The van der Waals surface area contributed by atoms with Gasteiger partial charge in [-0.15, -0.1) is 0 Å². The zero-order valence-electron chi connectivity index (χ0n) is 11.7. The minimum atomic E-state index is -0.264. The number of hydrogen-bond donors (Lipinski definition) is 0. The summed E-state index contributed by atoms with van der Waals surface area (Å²) < 4.78 is 18.9. The molecule has 0 saturated carbocycles. The molecule has 0 bridgehead atoms. The summed E-state index contributed by atoms with van der Waals surface area (Å²) in [5.74, 6) is 0.727. The SMILES string of the molecule is COc1ccc(F)cc1-c1cc(C)ncc1C(C)C. The van der Waals surface area contributed by atoms with E-state index >= 15 is 0 Å². The monoisotopic (exact) mass is 259 g/mol. The molecule has 2 rings (SSSR count). The lowest BCUT2D eigenvalue weighted by Gasteiger charge is -2.16. The highest BCUT2D eigenvalue weighted by Gasteiger charge is 2.14. The van der Waals surface area contributed by atoms with Crippen molar-refractivity contribution in [2.75, 3.05) is 7.11 Å². The average Bonchev–Trinajstić information content (AvgIpc) is 2.38. The molecule has 2 nitrogen and oxygen atoms in total. The van der Waals surface area contributed by atoms with Gasteiger partial charge in [0, 0.05) is 17.5 Å². The third-order valence-electron chi connectivity index (χ3n) is 3.15. The number of hydrogen-bond acceptors (Lipinski definition) is 2. The second-order valence-electron chi connectivity index (χ2n) is 4.91. The second-order valence-corrected chi connectivity index (χ2v) is 4.91. The Balaban J connectivity index is 2.70.